The zero-order valence-electron chi connectivity index (χ0n) is 12.0. The van der Waals surface area contributed by atoms with Gasteiger partial charge in [0.25, 0.3) is 0 Å². The van der Waals surface area contributed by atoms with Gasteiger partial charge in [0, 0.05) is 20.6 Å². The third-order valence-electron chi connectivity index (χ3n) is 3.01. The molecule has 1 aliphatic rings. The van der Waals surface area contributed by atoms with Crippen molar-refractivity contribution in [2.75, 3.05) is 0 Å². The molecule has 5 heteroatoms. The van der Waals surface area contributed by atoms with Crippen LogP contribution in [-0.4, -0.2) is 22.6 Å². The van der Waals surface area contributed by atoms with E-state index in [1.54, 1.807) is 0 Å². The Bertz CT molecular complexity index is 487. The summed E-state index contributed by atoms with van der Waals surface area (Å²) in [5.74, 6) is 0. The molecule has 0 spiro atoms. The third kappa shape index (κ3) is 4.22. The molecular formula is C15H19Br2NO2. The molecule has 0 bridgehead atoms. The monoisotopic (exact) mass is 403 g/mol. The molecule has 20 heavy (non-hydrogen) atoms. The van der Waals surface area contributed by atoms with E-state index < -0.39 is 5.60 Å². The first-order valence-electron chi connectivity index (χ1n) is 6.70. The van der Waals surface area contributed by atoms with Gasteiger partial charge in [-0.05, 0) is 45.7 Å². The summed E-state index contributed by atoms with van der Waals surface area (Å²) in [6, 6.07) is 6.25. The molecule has 0 radical (unpaired) electrons. The Balaban J connectivity index is 2.16. The van der Waals surface area contributed by atoms with Gasteiger partial charge in [0.1, 0.15) is 5.60 Å². The molecule has 0 unspecified atom stereocenters. The molecule has 1 aromatic carbocycles. The number of carbonyl (C=O) groups is 1. The van der Waals surface area contributed by atoms with Crippen molar-refractivity contribution in [3.8, 4) is 0 Å². The predicted molar refractivity (Wildman–Crippen MR) is 86.6 cm³/mol. The van der Waals surface area contributed by atoms with Gasteiger partial charge >= 0.3 is 6.09 Å². The van der Waals surface area contributed by atoms with E-state index in [0.717, 1.165) is 27.4 Å². The number of rotatable bonds is 3. The Kier molecular flexibility index (Phi) is 4.80. The number of nitrogens with zero attached hydrogens (tertiary/aromatic N) is 1. The van der Waals surface area contributed by atoms with Gasteiger partial charge in [0.2, 0.25) is 0 Å². The van der Waals surface area contributed by atoms with Gasteiger partial charge in [0.05, 0.1) is 6.54 Å². The van der Waals surface area contributed by atoms with E-state index in [0.29, 0.717) is 12.6 Å². The number of benzene rings is 1. The minimum absolute atomic E-state index is 0.234. The van der Waals surface area contributed by atoms with Crippen LogP contribution < -0.4 is 0 Å². The molecule has 1 aliphatic carbocycles. The number of ether oxygens (including phenoxy) is 1. The lowest BCUT2D eigenvalue weighted by Gasteiger charge is -2.28. The highest BCUT2D eigenvalue weighted by Gasteiger charge is 2.35. The van der Waals surface area contributed by atoms with Crippen LogP contribution in [0.2, 0.25) is 0 Å². The van der Waals surface area contributed by atoms with Crippen molar-refractivity contribution >= 4 is 38.0 Å². The lowest BCUT2D eigenvalue weighted by atomic mass is 10.2. The molecule has 2 rings (SSSR count). The summed E-state index contributed by atoms with van der Waals surface area (Å²) in [7, 11) is 0. The quantitative estimate of drug-likeness (QED) is 0.700. The highest BCUT2D eigenvalue weighted by molar-refractivity contribution is 9.11. The van der Waals surface area contributed by atoms with Gasteiger partial charge in [-0.3, -0.25) is 0 Å². The summed E-state index contributed by atoms with van der Waals surface area (Å²) in [5.41, 5.74) is 0.611. The van der Waals surface area contributed by atoms with Gasteiger partial charge < -0.3 is 9.64 Å². The largest absolute Gasteiger partial charge is 0.444 e. The van der Waals surface area contributed by atoms with E-state index in [1.165, 1.54) is 0 Å². The molecule has 1 saturated carbocycles. The van der Waals surface area contributed by atoms with Crippen LogP contribution in [0.4, 0.5) is 4.79 Å². The maximum atomic E-state index is 12.3. The average Bonchev–Trinajstić information content (AvgIpc) is 3.10. The number of amides is 1. The number of carbonyl (C=O) groups excluding carboxylic acids is 1. The standard InChI is InChI=1S/C15H19Br2NO2/c1-15(2,3)20-14(19)18(10-7-8-10)9-11-12(16)5-4-6-13(11)17/h4-6,10H,7-9H2,1-3H3. The predicted octanol–water partition coefficient (Wildman–Crippen LogP) is 5.11. The Morgan fingerprint density at radius 3 is 2.30 bits per heavy atom. The minimum Gasteiger partial charge on any atom is -0.444 e. The summed E-state index contributed by atoms with van der Waals surface area (Å²) in [4.78, 5) is 14.2. The highest BCUT2D eigenvalue weighted by Crippen LogP contribution is 2.33. The summed E-state index contributed by atoms with van der Waals surface area (Å²) in [6.07, 6.45) is 1.88. The van der Waals surface area contributed by atoms with E-state index in [1.807, 2.05) is 43.9 Å². The second-order valence-corrected chi connectivity index (χ2v) is 7.75. The fourth-order valence-corrected chi connectivity index (χ4v) is 3.15. The van der Waals surface area contributed by atoms with E-state index in [-0.39, 0.29) is 6.09 Å². The van der Waals surface area contributed by atoms with Crippen LogP contribution in [0.5, 0.6) is 0 Å². The van der Waals surface area contributed by atoms with E-state index in [4.69, 9.17) is 4.74 Å². The van der Waals surface area contributed by atoms with Crippen LogP contribution in [0.15, 0.2) is 27.1 Å². The first kappa shape index (κ1) is 15.8. The zero-order chi connectivity index (χ0) is 14.9. The molecule has 0 heterocycles. The lowest BCUT2D eigenvalue weighted by Crippen LogP contribution is -2.38. The first-order valence-corrected chi connectivity index (χ1v) is 8.29. The molecule has 3 nitrogen and oxygen atoms in total. The Hall–Kier alpha value is -0.550. The zero-order valence-corrected chi connectivity index (χ0v) is 15.1. The second kappa shape index (κ2) is 6.06. The Labute approximate surface area is 136 Å². The maximum absolute atomic E-state index is 12.3. The van der Waals surface area contributed by atoms with Crippen LogP contribution >= 0.6 is 31.9 Å². The van der Waals surface area contributed by atoms with Crippen molar-refractivity contribution in [3.05, 3.63) is 32.7 Å². The van der Waals surface area contributed by atoms with Crippen molar-refractivity contribution in [1.29, 1.82) is 0 Å². The number of hydrogen-bond acceptors (Lipinski definition) is 2. The summed E-state index contributed by atoms with van der Waals surface area (Å²) < 4.78 is 7.51. The van der Waals surface area contributed by atoms with Crippen LogP contribution in [0.1, 0.15) is 39.2 Å². The molecular weight excluding hydrogens is 386 g/mol. The third-order valence-corrected chi connectivity index (χ3v) is 4.49. The first-order chi connectivity index (χ1) is 9.28. The van der Waals surface area contributed by atoms with Gasteiger partial charge in [-0.25, -0.2) is 4.79 Å². The molecule has 110 valence electrons. The fourth-order valence-electron chi connectivity index (χ4n) is 1.90. The SMILES string of the molecule is CC(C)(C)OC(=O)N(Cc1c(Br)cccc1Br)C1CC1. The van der Waals surface area contributed by atoms with Crippen LogP contribution in [0.25, 0.3) is 0 Å². The molecule has 0 aromatic heterocycles. The molecule has 0 atom stereocenters. The smallest absolute Gasteiger partial charge is 0.410 e. The van der Waals surface area contributed by atoms with Gasteiger partial charge in [-0.1, -0.05) is 37.9 Å². The molecule has 0 saturated heterocycles. The topological polar surface area (TPSA) is 29.5 Å². The van der Waals surface area contributed by atoms with Gasteiger partial charge in [0.15, 0.2) is 0 Å². The molecule has 0 N–H and O–H groups in total. The average molecular weight is 405 g/mol. The van der Waals surface area contributed by atoms with E-state index >= 15 is 0 Å². The van der Waals surface area contributed by atoms with Crippen molar-refractivity contribution in [3.63, 3.8) is 0 Å². The second-order valence-electron chi connectivity index (χ2n) is 6.04. The van der Waals surface area contributed by atoms with Crippen LogP contribution in [0, 0.1) is 0 Å². The normalized spacial score (nSPS) is 15.1. The minimum atomic E-state index is -0.463. The summed E-state index contributed by atoms with van der Waals surface area (Å²) >= 11 is 7.09. The van der Waals surface area contributed by atoms with Crippen molar-refractivity contribution < 1.29 is 9.53 Å². The lowest BCUT2D eigenvalue weighted by molar-refractivity contribution is 0.0216. The number of hydrogen-bond donors (Lipinski definition) is 0. The summed E-state index contributed by atoms with van der Waals surface area (Å²) in [6.45, 7) is 6.24. The van der Waals surface area contributed by atoms with Crippen molar-refractivity contribution in [1.82, 2.24) is 4.90 Å². The van der Waals surface area contributed by atoms with Crippen molar-refractivity contribution in [2.45, 2.75) is 51.8 Å². The molecule has 1 fully saturated rings. The van der Waals surface area contributed by atoms with Crippen molar-refractivity contribution in [2.24, 2.45) is 0 Å². The fraction of sp³-hybridized carbons (Fsp3) is 0.533. The van der Waals surface area contributed by atoms with Crippen LogP contribution in [-0.2, 0) is 11.3 Å². The highest BCUT2D eigenvalue weighted by atomic mass is 79.9. The van der Waals surface area contributed by atoms with Gasteiger partial charge in [-0.15, -0.1) is 0 Å². The van der Waals surface area contributed by atoms with E-state index in [2.05, 4.69) is 31.9 Å². The molecule has 1 aromatic rings. The number of halogens is 2. The van der Waals surface area contributed by atoms with E-state index in [9.17, 15) is 4.79 Å². The van der Waals surface area contributed by atoms with Gasteiger partial charge in [-0.2, -0.15) is 0 Å². The van der Waals surface area contributed by atoms with Crippen LogP contribution in [0.3, 0.4) is 0 Å². The molecule has 1 amide bonds. The maximum Gasteiger partial charge on any atom is 0.410 e. The molecule has 0 aliphatic heterocycles. The summed E-state index contributed by atoms with van der Waals surface area (Å²) in [5, 5.41) is 0. The Morgan fingerprint density at radius 1 is 1.30 bits per heavy atom. The Morgan fingerprint density at radius 2 is 1.85 bits per heavy atom.